The van der Waals surface area contributed by atoms with Crippen LogP contribution in [0, 0.1) is 11.6 Å². The summed E-state index contributed by atoms with van der Waals surface area (Å²) in [6.45, 7) is 1.57. The molecule has 0 amide bonds. The molecule has 2 unspecified atom stereocenters. The van der Waals surface area contributed by atoms with E-state index in [2.05, 4.69) is 5.32 Å². The minimum absolute atomic E-state index is 0.0532. The summed E-state index contributed by atoms with van der Waals surface area (Å²) >= 11 is 0. The fourth-order valence-electron chi connectivity index (χ4n) is 1.99. The van der Waals surface area contributed by atoms with Gasteiger partial charge in [-0.3, -0.25) is 0 Å². The van der Waals surface area contributed by atoms with E-state index in [0.29, 0.717) is 19.8 Å². The van der Waals surface area contributed by atoms with Gasteiger partial charge in [-0.05, 0) is 19.5 Å². The Bertz CT molecular complexity index is 395. The van der Waals surface area contributed by atoms with Crippen LogP contribution in [-0.2, 0) is 9.47 Å². The van der Waals surface area contributed by atoms with Crippen LogP contribution in [-0.4, -0.2) is 33.0 Å². The summed E-state index contributed by atoms with van der Waals surface area (Å²) in [5.74, 6) is -1.65. The van der Waals surface area contributed by atoms with Crippen molar-refractivity contribution in [2.75, 3.05) is 26.9 Å². The average Bonchev–Trinajstić information content (AvgIpc) is 2.88. The summed E-state index contributed by atoms with van der Waals surface area (Å²) in [6, 6.07) is 3.81. The van der Waals surface area contributed by atoms with Crippen molar-refractivity contribution in [1.29, 1.82) is 0 Å². The second-order valence-electron chi connectivity index (χ2n) is 4.30. The number of nitrogens with one attached hydrogen (secondary N) is 1. The van der Waals surface area contributed by atoms with E-state index in [1.807, 2.05) is 0 Å². The maximum atomic E-state index is 13.6. The van der Waals surface area contributed by atoms with Crippen molar-refractivity contribution in [2.24, 2.45) is 0 Å². The molecule has 0 radical (unpaired) electrons. The van der Waals surface area contributed by atoms with Crippen LogP contribution in [0.15, 0.2) is 18.2 Å². The van der Waals surface area contributed by atoms with E-state index in [1.165, 1.54) is 6.07 Å². The monoisotopic (exact) mass is 257 g/mol. The van der Waals surface area contributed by atoms with Crippen LogP contribution in [0.5, 0.6) is 0 Å². The summed E-state index contributed by atoms with van der Waals surface area (Å²) in [4.78, 5) is 0. The Kier molecular flexibility index (Phi) is 4.63. The van der Waals surface area contributed by atoms with Crippen molar-refractivity contribution in [3.63, 3.8) is 0 Å². The van der Waals surface area contributed by atoms with E-state index in [-0.39, 0.29) is 17.7 Å². The van der Waals surface area contributed by atoms with Crippen LogP contribution in [0.1, 0.15) is 18.0 Å². The van der Waals surface area contributed by atoms with Gasteiger partial charge in [-0.15, -0.1) is 0 Å². The molecule has 2 atom stereocenters. The molecule has 1 heterocycles. The van der Waals surface area contributed by atoms with Crippen LogP contribution >= 0.6 is 0 Å². The SMILES string of the molecule is CNC(COC1CCOC1)c1cccc(F)c1F. The summed E-state index contributed by atoms with van der Waals surface area (Å²) in [5, 5.41) is 2.94. The van der Waals surface area contributed by atoms with Crippen LogP contribution < -0.4 is 5.32 Å². The minimum Gasteiger partial charge on any atom is -0.379 e. The molecule has 1 aliphatic heterocycles. The fourth-order valence-corrected chi connectivity index (χ4v) is 1.99. The van der Waals surface area contributed by atoms with E-state index in [0.717, 1.165) is 12.5 Å². The van der Waals surface area contributed by atoms with Crippen LogP contribution in [0.4, 0.5) is 8.78 Å². The zero-order valence-corrected chi connectivity index (χ0v) is 10.3. The fraction of sp³-hybridized carbons (Fsp3) is 0.538. The highest BCUT2D eigenvalue weighted by Crippen LogP contribution is 2.20. The number of benzene rings is 1. The molecule has 1 N–H and O–H groups in total. The van der Waals surface area contributed by atoms with Gasteiger partial charge in [0.15, 0.2) is 11.6 Å². The number of ether oxygens (including phenoxy) is 2. The molecule has 5 heteroatoms. The Hall–Kier alpha value is -1.04. The number of rotatable bonds is 5. The van der Waals surface area contributed by atoms with Gasteiger partial charge in [0, 0.05) is 12.2 Å². The molecule has 1 aromatic carbocycles. The van der Waals surface area contributed by atoms with Gasteiger partial charge in [-0.2, -0.15) is 0 Å². The molecule has 0 saturated carbocycles. The first kappa shape index (κ1) is 13.4. The molecule has 100 valence electrons. The Morgan fingerprint density at radius 1 is 1.50 bits per heavy atom. The molecule has 1 saturated heterocycles. The third-order valence-electron chi connectivity index (χ3n) is 3.09. The third kappa shape index (κ3) is 3.04. The van der Waals surface area contributed by atoms with Crippen molar-refractivity contribution in [1.82, 2.24) is 5.32 Å². The zero-order valence-electron chi connectivity index (χ0n) is 10.3. The van der Waals surface area contributed by atoms with Gasteiger partial charge >= 0.3 is 0 Å². The topological polar surface area (TPSA) is 30.5 Å². The molecule has 0 spiro atoms. The molecular formula is C13H17F2NO2. The van der Waals surface area contributed by atoms with E-state index in [9.17, 15) is 8.78 Å². The Morgan fingerprint density at radius 3 is 3.00 bits per heavy atom. The first-order valence-corrected chi connectivity index (χ1v) is 6.03. The van der Waals surface area contributed by atoms with Crippen molar-refractivity contribution in [3.8, 4) is 0 Å². The number of halogens is 2. The van der Waals surface area contributed by atoms with Crippen molar-refractivity contribution in [2.45, 2.75) is 18.6 Å². The lowest BCUT2D eigenvalue weighted by Gasteiger charge is -2.19. The van der Waals surface area contributed by atoms with Gasteiger partial charge < -0.3 is 14.8 Å². The molecular weight excluding hydrogens is 240 g/mol. The van der Waals surface area contributed by atoms with Gasteiger partial charge in [0.2, 0.25) is 0 Å². The Balaban J connectivity index is 2.00. The lowest BCUT2D eigenvalue weighted by molar-refractivity contribution is 0.0302. The summed E-state index contributed by atoms with van der Waals surface area (Å²) in [6.07, 6.45) is 0.902. The molecule has 1 aliphatic rings. The summed E-state index contributed by atoms with van der Waals surface area (Å²) < 4.78 is 37.6. The van der Waals surface area contributed by atoms with Crippen molar-refractivity contribution >= 4 is 0 Å². The second kappa shape index (κ2) is 6.22. The van der Waals surface area contributed by atoms with E-state index in [4.69, 9.17) is 9.47 Å². The number of hydrogen-bond donors (Lipinski definition) is 1. The van der Waals surface area contributed by atoms with E-state index in [1.54, 1.807) is 13.1 Å². The molecule has 2 rings (SSSR count). The average molecular weight is 257 g/mol. The molecule has 1 aromatic rings. The normalized spacial score (nSPS) is 21.2. The Morgan fingerprint density at radius 2 is 2.33 bits per heavy atom. The molecule has 1 fully saturated rings. The highest BCUT2D eigenvalue weighted by Gasteiger charge is 2.21. The predicted molar refractivity (Wildman–Crippen MR) is 63.3 cm³/mol. The van der Waals surface area contributed by atoms with Gasteiger partial charge in [0.25, 0.3) is 0 Å². The minimum atomic E-state index is -0.836. The smallest absolute Gasteiger partial charge is 0.163 e. The maximum Gasteiger partial charge on any atom is 0.163 e. The van der Waals surface area contributed by atoms with E-state index < -0.39 is 11.6 Å². The summed E-state index contributed by atoms with van der Waals surface area (Å²) in [5.41, 5.74) is 0.288. The first-order chi connectivity index (χ1) is 8.72. The van der Waals surface area contributed by atoms with Gasteiger partial charge in [-0.25, -0.2) is 8.78 Å². The lowest BCUT2D eigenvalue weighted by Crippen LogP contribution is -2.26. The third-order valence-corrected chi connectivity index (χ3v) is 3.09. The molecule has 0 bridgehead atoms. The van der Waals surface area contributed by atoms with Crippen LogP contribution in [0.3, 0.4) is 0 Å². The lowest BCUT2D eigenvalue weighted by atomic mass is 10.1. The first-order valence-electron chi connectivity index (χ1n) is 6.03. The number of likely N-dealkylation sites (N-methyl/N-ethyl adjacent to an activating group) is 1. The standard InChI is InChI=1S/C13H17F2NO2/c1-16-12(8-18-9-5-6-17-7-9)10-3-2-4-11(14)13(10)15/h2-4,9,12,16H,5-8H2,1H3. The van der Waals surface area contributed by atoms with E-state index >= 15 is 0 Å². The highest BCUT2D eigenvalue weighted by atomic mass is 19.2. The molecule has 0 aromatic heterocycles. The van der Waals surface area contributed by atoms with Crippen molar-refractivity contribution < 1.29 is 18.3 Å². The molecule has 0 aliphatic carbocycles. The number of hydrogen-bond acceptors (Lipinski definition) is 3. The summed E-state index contributed by atoms with van der Waals surface area (Å²) in [7, 11) is 1.70. The van der Waals surface area contributed by atoms with Gasteiger partial charge in [0.1, 0.15) is 0 Å². The van der Waals surface area contributed by atoms with Gasteiger partial charge in [-0.1, -0.05) is 12.1 Å². The second-order valence-corrected chi connectivity index (χ2v) is 4.30. The van der Waals surface area contributed by atoms with Crippen LogP contribution in [0.25, 0.3) is 0 Å². The maximum absolute atomic E-state index is 13.6. The zero-order chi connectivity index (χ0) is 13.0. The molecule has 3 nitrogen and oxygen atoms in total. The highest BCUT2D eigenvalue weighted by molar-refractivity contribution is 5.22. The van der Waals surface area contributed by atoms with Crippen LogP contribution in [0.2, 0.25) is 0 Å². The van der Waals surface area contributed by atoms with Crippen molar-refractivity contribution in [3.05, 3.63) is 35.4 Å². The Labute approximate surface area is 105 Å². The predicted octanol–water partition coefficient (Wildman–Crippen LogP) is 2.03. The quantitative estimate of drug-likeness (QED) is 0.875. The largest absolute Gasteiger partial charge is 0.379 e. The molecule has 18 heavy (non-hydrogen) atoms. The van der Waals surface area contributed by atoms with Gasteiger partial charge in [0.05, 0.1) is 25.4 Å².